The van der Waals surface area contributed by atoms with Crippen LogP contribution in [0.15, 0.2) is 18.5 Å². The Kier molecular flexibility index (Phi) is 3.68. The van der Waals surface area contributed by atoms with Gasteiger partial charge in [-0.15, -0.1) is 0 Å². The number of nitrogens with zero attached hydrogens (tertiary/aromatic N) is 5. The maximum absolute atomic E-state index is 11.5. The highest BCUT2D eigenvalue weighted by molar-refractivity contribution is 5.88. The largest absolute Gasteiger partial charge is 0.465 e. The highest BCUT2D eigenvalue weighted by Crippen LogP contribution is 2.46. The second-order valence-corrected chi connectivity index (χ2v) is 6.79. The SMILES string of the molecule is COC(=O)c1cnn(Cc2cc(C#N)c(N3CC4CC4C3)nc2C)c1. The van der Waals surface area contributed by atoms with Crippen molar-refractivity contribution in [3.63, 3.8) is 0 Å². The Labute approximate surface area is 145 Å². The Bertz CT molecular complexity index is 872. The van der Waals surface area contributed by atoms with Crippen LogP contribution in [0.25, 0.3) is 0 Å². The van der Waals surface area contributed by atoms with Gasteiger partial charge in [0.1, 0.15) is 11.9 Å². The number of esters is 1. The van der Waals surface area contributed by atoms with Crippen molar-refractivity contribution in [1.29, 1.82) is 5.26 Å². The first-order valence-corrected chi connectivity index (χ1v) is 8.35. The maximum atomic E-state index is 11.5. The summed E-state index contributed by atoms with van der Waals surface area (Å²) in [7, 11) is 1.34. The van der Waals surface area contributed by atoms with Gasteiger partial charge < -0.3 is 9.64 Å². The Morgan fingerprint density at radius 1 is 1.44 bits per heavy atom. The van der Waals surface area contributed by atoms with Gasteiger partial charge in [0.25, 0.3) is 0 Å². The maximum Gasteiger partial charge on any atom is 0.341 e. The van der Waals surface area contributed by atoms with Gasteiger partial charge in [-0.3, -0.25) is 4.68 Å². The minimum atomic E-state index is -0.415. The smallest absolute Gasteiger partial charge is 0.341 e. The monoisotopic (exact) mass is 337 g/mol. The summed E-state index contributed by atoms with van der Waals surface area (Å²) < 4.78 is 6.35. The first-order valence-electron chi connectivity index (χ1n) is 8.35. The zero-order valence-electron chi connectivity index (χ0n) is 14.3. The van der Waals surface area contributed by atoms with Crippen LogP contribution in [-0.2, 0) is 11.3 Å². The summed E-state index contributed by atoms with van der Waals surface area (Å²) in [5, 5.41) is 13.7. The standard InChI is InChI=1S/C18H19N5O2/c1-11-13(9-23-10-16(6-20-23)18(24)25-2)3-12(5-19)17(21-11)22-7-14-4-15(14)8-22/h3,6,10,14-15H,4,7-9H2,1-2H3. The van der Waals surface area contributed by atoms with Crippen LogP contribution in [-0.4, -0.2) is 40.9 Å². The van der Waals surface area contributed by atoms with Crippen LogP contribution in [0.2, 0.25) is 0 Å². The molecular weight excluding hydrogens is 318 g/mol. The lowest BCUT2D eigenvalue weighted by Gasteiger charge is -2.21. The number of hydrogen-bond donors (Lipinski definition) is 0. The van der Waals surface area contributed by atoms with Gasteiger partial charge in [-0.05, 0) is 36.8 Å². The van der Waals surface area contributed by atoms with Crippen molar-refractivity contribution >= 4 is 11.8 Å². The number of rotatable bonds is 4. The molecule has 1 aliphatic carbocycles. The normalized spacial score (nSPS) is 20.9. The molecule has 0 spiro atoms. The molecule has 2 unspecified atom stereocenters. The number of carbonyl (C=O) groups is 1. The van der Waals surface area contributed by atoms with Gasteiger partial charge >= 0.3 is 5.97 Å². The van der Waals surface area contributed by atoms with E-state index in [1.54, 1.807) is 10.9 Å². The average molecular weight is 337 g/mol. The first-order chi connectivity index (χ1) is 12.1. The summed E-state index contributed by atoms with van der Waals surface area (Å²) in [6.07, 6.45) is 4.43. The van der Waals surface area contributed by atoms with Crippen LogP contribution in [0, 0.1) is 30.1 Å². The van der Waals surface area contributed by atoms with Crippen molar-refractivity contribution in [2.45, 2.75) is 19.9 Å². The second-order valence-electron chi connectivity index (χ2n) is 6.79. The van der Waals surface area contributed by atoms with Crippen LogP contribution in [0.3, 0.4) is 0 Å². The van der Waals surface area contributed by atoms with Crippen LogP contribution in [0.1, 0.15) is 33.6 Å². The van der Waals surface area contributed by atoms with Gasteiger partial charge in [-0.25, -0.2) is 9.78 Å². The molecule has 7 nitrogen and oxygen atoms in total. The molecule has 2 atom stereocenters. The molecule has 4 rings (SSSR count). The third kappa shape index (κ3) is 2.84. The van der Waals surface area contributed by atoms with Crippen LogP contribution < -0.4 is 4.90 Å². The van der Waals surface area contributed by atoms with Crippen molar-refractivity contribution in [1.82, 2.24) is 14.8 Å². The minimum Gasteiger partial charge on any atom is -0.465 e. The zero-order valence-corrected chi connectivity index (χ0v) is 14.3. The molecule has 128 valence electrons. The second kappa shape index (κ2) is 5.88. The van der Waals surface area contributed by atoms with Crippen molar-refractivity contribution in [2.24, 2.45) is 11.8 Å². The number of hydrogen-bond acceptors (Lipinski definition) is 6. The lowest BCUT2D eigenvalue weighted by Crippen LogP contribution is -2.24. The Morgan fingerprint density at radius 3 is 2.88 bits per heavy atom. The molecule has 3 heterocycles. The third-order valence-corrected chi connectivity index (χ3v) is 5.08. The molecule has 0 radical (unpaired) electrons. The number of aryl methyl sites for hydroxylation is 1. The summed E-state index contributed by atoms with van der Waals surface area (Å²) in [6, 6.07) is 4.17. The Balaban J connectivity index is 1.59. The first kappa shape index (κ1) is 15.6. The molecular formula is C18H19N5O2. The number of anilines is 1. The number of aromatic nitrogens is 3. The fraction of sp³-hybridized carbons (Fsp3) is 0.444. The number of pyridine rings is 1. The molecule has 1 aliphatic heterocycles. The van der Waals surface area contributed by atoms with Gasteiger partial charge in [0.2, 0.25) is 0 Å². The molecule has 1 saturated heterocycles. The van der Waals surface area contributed by atoms with Crippen LogP contribution >= 0.6 is 0 Å². The van der Waals surface area contributed by atoms with Gasteiger partial charge in [-0.1, -0.05) is 0 Å². The molecule has 7 heteroatoms. The predicted octanol–water partition coefficient (Wildman–Crippen LogP) is 1.75. The molecule has 2 aromatic heterocycles. The van der Waals surface area contributed by atoms with Crippen LogP contribution in [0.4, 0.5) is 5.82 Å². The predicted molar refractivity (Wildman–Crippen MR) is 90.2 cm³/mol. The molecule has 0 aromatic carbocycles. The van der Waals surface area contributed by atoms with Gasteiger partial charge in [0, 0.05) is 25.0 Å². The Hall–Kier alpha value is -2.88. The number of methoxy groups -OCH3 is 1. The minimum absolute atomic E-state index is 0.404. The molecule has 2 aliphatic rings. The van der Waals surface area contributed by atoms with Gasteiger partial charge in [0.05, 0.1) is 31.0 Å². The summed E-state index contributed by atoms with van der Waals surface area (Å²) in [6.45, 7) is 4.41. The number of ether oxygens (including phenoxy) is 1. The number of piperidine rings is 1. The summed E-state index contributed by atoms with van der Waals surface area (Å²) in [5.41, 5.74) is 2.80. The van der Waals surface area contributed by atoms with Crippen LogP contribution in [0.5, 0.6) is 0 Å². The van der Waals surface area contributed by atoms with E-state index in [2.05, 4.69) is 16.1 Å². The fourth-order valence-electron chi connectivity index (χ4n) is 3.54. The van der Waals surface area contributed by atoms with Gasteiger partial charge in [0.15, 0.2) is 0 Å². The highest BCUT2D eigenvalue weighted by Gasteiger charge is 2.45. The number of carbonyl (C=O) groups excluding carboxylic acids is 1. The van der Waals surface area contributed by atoms with Crippen molar-refractivity contribution in [3.05, 3.63) is 40.8 Å². The Morgan fingerprint density at radius 2 is 2.20 bits per heavy atom. The molecule has 1 saturated carbocycles. The molecule has 0 amide bonds. The van der Waals surface area contributed by atoms with Crippen molar-refractivity contribution < 1.29 is 9.53 Å². The number of nitriles is 1. The third-order valence-electron chi connectivity index (χ3n) is 5.08. The van der Waals surface area contributed by atoms with E-state index >= 15 is 0 Å². The molecule has 2 aromatic rings. The summed E-state index contributed by atoms with van der Waals surface area (Å²) >= 11 is 0. The van der Waals surface area contributed by atoms with E-state index in [0.717, 1.165) is 42.0 Å². The lowest BCUT2D eigenvalue weighted by atomic mass is 10.1. The average Bonchev–Trinajstić information content (AvgIpc) is 3.01. The molecule has 0 bridgehead atoms. The van der Waals surface area contributed by atoms with E-state index in [0.29, 0.717) is 17.7 Å². The van der Waals surface area contributed by atoms with E-state index in [4.69, 9.17) is 9.72 Å². The van der Waals surface area contributed by atoms with Gasteiger partial charge in [-0.2, -0.15) is 10.4 Å². The van der Waals surface area contributed by atoms with Crippen molar-refractivity contribution in [2.75, 3.05) is 25.1 Å². The molecule has 2 fully saturated rings. The van der Waals surface area contributed by atoms with E-state index in [1.165, 1.54) is 19.7 Å². The highest BCUT2D eigenvalue weighted by atomic mass is 16.5. The quantitative estimate of drug-likeness (QED) is 0.790. The summed E-state index contributed by atoms with van der Waals surface area (Å²) in [5.74, 6) is 1.96. The van der Waals surface area contributed by atoms with E-state index in [-0.39, 0.29) is 0 Å². The number of fused-ring (bicyclic) bond motifs is 1. The fourth-order valence-corrected chi connectivity index (χ4v) is 3.54. The lowest BCUT2D eigenvalue weighted by molar-refractivity contribution is 0.0600. The summed E-state index contributed by atoms with van der Waals surface area (Å²) in [4.78, 5) is 18.5. The van der Waals surface area contributed by atoms with Crippen molar-refractivity contribution in [3.8, 4) is 6.07 Å². The van der Waals surface area contributed by atoms with E-state index in [9.17, 15) is 10.1 Å². The molecule has 0 N–H and O–H groups in total. The van der Waals surface area contributed by atoms with E-state index < -0.39 is 5.97 Å². The topological polar surface area (TPSA) is 84.0 Å². The van der Waals surface area contributed by atoms with E-state index in [1.807, 2.05) is 13.0 Å². The zero-order chi connectivity index (χ0) is 17.6. The molecule has 25 heavy (non-hydrogen) atoms.